The first-order valence-corrected chi connectivity index (χ1v) is 12.2. The van der Waals surface area contributed by atoms with Gasteiger partial charge in [-0.25, -0.2) is 8.42 Å². The number of amides is 1. The predicted octanol–water partition coefficient (Wildman–Crippen LogP) is 3.68. The van der Waals surface area contributed by atoms with Crippen molar-refractivity contribution in [3.8, 4) is 11.5 Å². The molecule has 174 valence electrons. The van der Waals surface area contributed by atoms with Crippen molar-refractivity contribution in [3.05, 3.63) is 89.5 Å². The Morgan fingerprint density at radius 3 is 2.24 bits per heavy atom. The number of hydrogen-bond acceptors (Lipinski definition) is 5. The van der Waals surface area contributed by atoms with Crippen molar-refractivity contribution < 1.29 is 22.7 Å². The molecule has 3 rings (SSSR count). The van der Waals surface area contributed by atoms with E-state index in [1.807, 2.05) is 61.5 Å². The minimum absolute atomic E-state index is 0.224. The third kappa shape index (κ3) is 5.84. The molecule has 0 fully saturated rings. The molecule has 0 bridgehead atoms. The van der Waals surface area contributed by atoms with E-state index in [-0.39, 0.29) is 5.69 Å². The fourth-order valence-corrected chi connectivity index (χ4v) is 4.46. The standard InChI is InChI=1S/C25H28N2O5S/c1-18-10-8-9-13-21(18)25(19-11-6-5-7-12-19)26-24(28)17-27(33(4,29)30)22-16-20(31-2)14-15-23(22)32-3/h5-16,25H,17H2,1-4H3,(H,26,28). The van der Waals surface area contributed by atoms with Gasteiger partial charge in [-0.15, -0.1) is 0 Å². The summed E-state index contributed by atoms with van der Waals surface area (Å²) in [4.78, 5) is 13.2. The Labute approximate surface area is 195 Å². The fraction of sp³-hybridized carbons (Fsp3) is 0.240. The topological polar surface area (TPSA) is 84.9 Å². The minimum atomic E-state index is -3.81. The molecule has 0 aromatic heterocycles. The van der Waals surface area contributed by atoms with Crippen molar-refractivity contribution in [1.82, 2.24) is 5.32 Å². The zero-order valence-corrected chi connectivity index (χ0v) is 19.9. The first kappa shape index (κ1) is 24.1. The summed E-state index contributed by atoms with van der Waals surface area (Å²) >= 11 is 0. The van der Waals surface area contributed by atoms with Crippen molar-refractivity contribution in [1.29, 1.82) is 0 Å². The summed E-state index contributed by atoms with van der Waals surface area (Å²) in [6.45, 7) is 1.55. The van der Waals surface area contributed by atoms with Crippen LogP contribution >= 0.6 is 0 Å². The van der Waals surface area contributed by atoms with Gasteiger partial charge in [0.1, 0.15) is 18.0 Å². The maximum atomic E-state index is 13.2. The minimum Gasteiger partial charge on any atom is -0.497 e. The van der Waals surface area contributed by atoms with Crippen LogP contribution in [0.2, 0.25) is 0 Å². The van der Waals surface area contributed by atoms with Crippen molar-refractivity contribution in [2.45, 2.75) is 13.0 Å². The van der Waals surface area contributed by atoms with Crippen LogP contribution in [0.3, 0.4) is 0 Å². The largest absolute Gasteiger partial charge is 0.497 e. The summed E-state index contributed by atoms with van der Waals surface area (Å²) in [6.07, 6.45) is 1.05. The average Bonchev–Trinajstić information content (AvgIpc) is 2.81. The highest BCUT2D eigenvalue weighted by Gasteiger charge is 2.26. The number of anilines is 1. The third-order valence-electron chi connectivity index (χ3n) is 5.28. The molecule has 0 saturated heterocycles. The smallest absolute Gasteiger partial charge is 0.241 e. The van der Waals surface area contributed by atoms with Gasteiger partial charge in [-0.3, -0.25) is 9.10 Å². The second kappa shape index (κ2) is 10.4. The first-order valence-electron chi connectivity index (χ1n) is 10.3. The molecule has 1 unspecified atom stereocenters. The second-order valence-electron chi connectivity index (χ2n) is 7.58. The fourth-order valence-electron chi connectivity index (χ4n) is 3.61. The number of carbonyl (C=O) groups is 1. The number of benzene rings is 3. The summed E-state index contributed by atoms with van der Waals surface area (Å²) in [5, 5.41) is 3.01. The van der Waals surface area contributed by atoms with Gasteiger partial charge in [0, 0.05) is 6.07 Å². The van der Waals surface area contributed by atoms with E-state index in [4.69, 9.17) is 9.47 Å². The number of sulfonamides is 1. The van der Waals surface area contributed by atoms with Crippen molar-refractivity contribution in [3.63, 3.8) is 0 Å². The van der Waals surface area contributed by atoms with Crippen LogP contribution in [0.5, 0.6) is 11.5 Å². The number of nitrogens with zero attached hydrogens (tertiary/aromatic N) is 1. The summed E-state index contributed by atoms with van der Waals surface area (Å²) in [5.74, 6) is 0.303. The molecule has 0 radical (unpaired) electrons. The number of aryl methyl sites for hydroxylation is 1. The lowest BCUT2D eigenvalue weighted by atomic mass is 9.95. The van der Waals surface area contributed by atoms with Crippen LogP contribution in [0.1, 0.15) is 22.7 Å². The number of ether oxygens (including phenoxy) is 2. The van der Waals surface area contributed by atoms with E-state index in [2.05, 4.69) is 5.32 Å². The van der Waals surface area contributed by atoms with E-state index >= 15 is 0 Å². The molecule has 0 aliphatic heterocycles. The van der Waals surface area contributed by atoms with Crippen LogP contribution in [0.15, 0.2) is 72.8 Å². The van der Waals surface area contributed by atoms with Gasteiger partial charge in [-0.05, 0) is 35.7 Å². The highest BCUT2D eigenvalue weighted by molar-refractivity contribution is 7.92. The molecule has 1 N–H and O–H groups in total. The van der Waals surface area contributed by atoms with Gasteiger partial charge in [0.2, 0.25) is 15.9 Å². The lowest BCUT2D eigenvalue weighted by Crippen LogP contribution is -2.42. The van der Waals surface area contributed by atoms with Crippen LogP contribution in [0.25, 0.3) is 0 Å². The van der Waals surface area contributed by atoms with Crippen LogP contribution < -0.4 is 19.1 Å². The van der Waals surface area contributed by atoms with Crippen molar-refractivity contribution in [2.75, 3.05) is 31.3 Å². The summed E-state index contributed by atoms with van der Waals surface area (Å²) in [5.41, 5.74) is 3.06. The maximum absolute atomic E-state index is 13.2. The molecule has 7 nitrogen and oxygen atoms in total. The Hall–Kier alpha value is -3.52. The van der Waals surface area contributed by atoms with Crippen LogP contribution in [0, 0.1) is 6.92 Å². The lowest BCUT2D eigenvalue weighted by Gasteiger charge is -2.26. The number of nitrogens with one attached hydrogen (secondary N) is 1. The number of hydrogen-bond donors (Lipinski definition) is 1. The number of carbonyl (C=O) groups excluding carboxylic acids is 1. The van der Waals surface area contributed by atoms with Gasteiger partial charge in [0.25, 0.3) is 0 Å². The zero-order valence-electron chi connectivity index (χ0n) is 19.1. The molecular formula is C25H28N2O5S. The Balaban J connectivity index is 1.96. The Morgan fingerprint density at radius 1 is 0.970 bits per heavy atom. The highest BCUT2D eigenvalue weighted by Crippen LogP contribution is 2.34. The van der Waals surface area contributed by atoms with E-state index in [0.717, 1.165) is 27.3 Å². The van der Waals surface area contributed by atoms with Crippen LogP contribution in [0.4, 0.5) is 5.69 Å². The maximum Gasteiger partial charge on any atom is 0.241 e. The summed E-state index contributed by atoms with van der Waals surface area (Å²) in [7, 11) is -0.885. The van der Waals surface area contributed by atoms with Gasteiger partial charge >= 0.3 is 0 Å². The van der Waals surface area contributed by atoms with Crippen LogP contribution in [-0.2, 0) is 14.8 Å². The molecule has 0 spiro atoms. The molecule has 0 aliphatic carbocycles. The van der Waals surface area contributed by atoms with Crippen LogP contribution in [-0.4, -0.2) is 41.3 Å². The zero-order chi connectivity index (χ0) is 24.0. The first-order chi connectivity index (χ1) is 15.7. The van der Waals surface area contributed by atoms with E-state index in [1.54, 1.807) is 12.1 Å². The van der Waals surface area contributed by atoms with E-state index in [1.165, 1.54) is 20.3 Å². The van der Waals surface area contributed by atoms with Crippen molar-refractivity contribution in [2.24, 2.45) is 0 Å². The Bertz CT molecular complexity index is 1210. The molecule has 33 heavy (non-hydrogen) atoms. The number of methoxy groups -OCH3 is 2. The molecular weight excluding hydrogens is 440 g/mol. The molecule has 3 aromatic carbocycles. The monoisotopic (exact) mass is 468 g/mol. The van der Waals surface area contributed by atoms with Gasteiger partial charge in [-0.2, -0.15) is 0 Å². The number of rotatable bonds is 9. The molecule has 8 heteroatoms. The molecule has 3 aromatic rings. The van der Waals surface area contributed by atoms with E-state index < -0.39 is 28.5 Å². The SMILES string of the molecule is COc1ccc(OC)c(N(CC(=O)NC(c2ccccc2)c2ccccc2C)S(C)(=O)=O)c1. The van der Waals surface area contributed by atoms with Gasteiger partial charge < -0.3 is 14.8 Å². The quantitative estimate of drug-likeness (QED) is 0.518. The third-order valence-corrected chi connectivity index (χ3v) is 6.41. The van der Waals surface area contributed by atoms with E-state index in [0.29, 0.717) is 11.5 Å². The molecule has 0 aliphatic rings. The Morgan fingerprint density at radius 2 is 1.64 bits per heavy atom. The van der Waals surface area contributed by atoms with Gasteiger partial charge in [-0.1, -0.05) is 54.6 Å². The highest BCUT2D eigenvalue weighted by atomic mass is 32.2. The molecule has 1 atom stereocenters. The summed E-state index contributed by atoms with van der Waals surface area (Å²) < 4.78 is 36.9. The van der Waals surface area contributed by atoms with Crippen molar-refractivity contribution >= 4 is 21.6 Å². The van der Waals surface area contributed by atoms with Gasteiger partial charge in [0.15, 0.2) is 0 Å². The Kier molecular flexibility index (Phi) is 7.60. The molecule has 0 saturated carbocycles. The average molecular weight is 469 g/mol. The molecule has 0 heterocycles. The van der Waals surface area contributed by atoms with Gasteiger partial charge in [0.05, 0.1) is 32.2 Å². The predicted molar refractivity (Wildman–Crippen MR) is 129 cm³/mol. The van der Waals surface area contributed by atoms with E-state index in [9.17, 15) is 13.2 Å². The lowest BCUT2D eigenvalue weighted by molar-refractivity contribution is -0.120. The molecule has 1 amide bonds. The second-order valence-corrected chi connectivity index (χ2v) is 9.48. The summed E-state index contributed by atoms with van der Waals surface area (Å²) in [6, 6.07) is 21.7. The normalized spacial score (nSPS) is 12.0.